The molecule has 0 fully saturated rings. The molecule has 3 N–H and O–H groups in total. The summed E-state index contributed by atoms with van der Waals surface area (Å²) in [5.74, 6) is 0.0756. The van der Waals surface area contributed by atoms with E-state index in [1.165, 1.54) is 6.07 Å². The first-order valence-corrected chi connectivity index (χ1v) is 5.81. The van der Waals surface area contributed by atoms with Crippen molar-refractivity contribution in [2.45, 2.75) is 32.5 Å². The van der Waals surface area contributed by atoms with Gasteiger partial charge in [-0.15, -0.1) is 0 Å². The van der Waals surface area contributed by atoms with Gasteiger partial charge in [-0.3, -0.25) is 0 Å². The summed E-state index contributed by atoms with van der Waals surface area (Å²) in [7, 11) is 0. The van der Waals surface area contributed by atoms with Gasteiger partial charge in [0.15, 0.2) is 0 Å². The fourth-order valence-corrected chi connectivity index (χ4v) is 1.43. The van der Waals surface area contributed by atoms with E-state index in [-0.39, 0.29) is 16.8 Å². The van der Waals surface area contributed by atoms with Crippen LogP contribution < -0.4 is 11.1 Å². The predicted octanol–water partition coefficient (Wildman–Crippen LogP) is 2.95. The van der Waals surface area contributed by atoms with Gasteiger partial charge < -0.3 is 11.1 Å². The number of anilines is 1. The Labute approximate surface area is 109 Å². The topological polar surface area (TPSA) is 50.9 Å². The normalized spacial score (nSPS) is 13.2. The Balaban J connectivity index is 3.20. The average molecular weight is 277 g/mol. The van der Waals surface area contributed by atoms with Crippen LogP contribution in [0.5, 0.6) is 0 Å². The van der Waals surface area contributed by atoms with E-state index in [9.17, 15) is 13.2 Å². The van der Waals surface area contributed by atoms with Crippen LogP contribution in [-0.4, -0.2) is 16.0 Å². The van der Waals surface area contributed by atoms with Gasteiger partial charge in [0.25, 0.3) is 0 Å². The van der Waals surface area contributed by atoms with Crippen LogP contribution in [0.15, 0.2) is 12.1 Å². The highest BCUT2D eigenvalue weighted by atomic mass is 32.1. The largest absolute Gasteiger partial charge is 0.433 e. The second-order valence-corrected chi connectivity index (χ2v) is 4.35. The molecule has 18 heavy (non-hydrogen) atoms. The number of rotatable bonds is 4. The van der Waals surface area contributed by atoms with Crippen molar-refractivity contribution in [3.8, 4) is 0 Å². The minimum absolute atomic E-state index is 0.0158. The molecule has 7 heteroatoms. The van der Waals surface area contributed by atoms with Crippen molar-refractivity contribution in [3.63, 3.8) is 0 Å². The molecule has 0 bridgehead atoms. The lowest BCUT2D eigenvalue weighted by Crippen LogP contribution is -2.21. The van der Waals surface area contributed by atoms with Gasteiger partial charge in [-0.1, -0.05) is 19.1 Å². The first-order chi connectivity index (χ1) is 8.25. The van der Waals surface area contributed by atoms with Crippen LogP contribution in [0.1, 0.15) is 31.5 Å². The van der Waals surface area contributed by atoms with Crippen molar-refractivity contribution < 1.29 is 13.2 Å². The standard InChI is InChI=1S/C11H14F3N3S/c1-3-6(2)16-10-7(9(15)18)4-5-8(17-10)11(12,13)14/h4-6H,3H2,1-2H3,(H2,15,18)(H,16,17). The summed E-state index contributed by atoms with van der Waals surface area (Å²) in [6.07, 6.45) is -3.74. The molecule has 0 aliphatic rings. The van der Waals surface area contributed by atoms with E-state index in [4.69, 9.17) is 18.0 Å². The number of nitrogens with two attached hydrogens (primary N) is 1. The molecule has 0 amide bonds. The van der Waals surface area contributed by atoms with Crippen LogP contribution in [0.3, 0.4) is 0 Å². The summed E-state index contributed by atoms with van der Waals surface area (Å²) in [6.45, 7) is 3.75. The van der Waals surface area contributed by atoms with Crippen LogP contribution in [0, 0.1) is 0 Å². The smallest absolute Gasteiger partial charge is 0.389 e. The number of alkyl halides is 3. The molecular formula is C11H14F3N3S. The van der Waals surface area contributed by atoms with E-state index in [1.54, 1.807) is 0 Å². The molecule has 0 aliphatic carbocycles. The maximum Gasteiger partial charge on any atom is 0.433 e. The quantitative estimate of drug-likeness (QED) is 0.831. The van der Waals surface area contributed by atoms with Crippen molar-refractivity contribution in [1.29, 1.82) is 0 Å². The highest BCUT2D eigenvalue weighted by molar-refractivity contribution is 7.80. The Kier molecular flexibility index (Phi) is 4.50. The van der Waals surface area contributed by atoms with Gasteiger partial charge >= 0.3 is 6.18 Å². The SMILES string of the molecule is CCC(C)Nc1nc(C(F)(F)F)ccc1C(N)=S. The van der Waals surface area contributed by atoms with Crippen LogP contribution in [0.2, 0.25) is 0 Å². The molecule has 1 rings (SSSR count). The monoisotopic (exact) mass is 277 g/mol. The molecule has 0 saturated carbocycles. The van der Waals surface area contributed by atoms with Gasteiger partial charge in [0.2, 0.25) is 0 Å². The fraction of sp³-hybridized carbons (Fsp3) is 0.455. The minimum Gasteiger partial charge on any atom is -0.389 e. The van der Waals surface area contributed by atoms with Crippen molar-refractivity contribution in [1.82, 2.24) is 4.98 Å². The van der Waals surface area contributed by atoms with E-state index in [0.717, 1.165) is 12.5 Å². The summed E-state index contributed by atoms with van der Waals surface area (Å²) in [6, 6.07) is 2.09. The zero-order valence-corrected chi connectivity index (χ0v) is 10.8. The number of nitrogens with zero attached hydrogens (tertiary/aromatic N) is 1. The maximum absolute atomic E-state index is 12.6. The molecule has 0 radical (unpaired) electrons. The Hall–Kier alpha value is -1.37. The Morgan fingerprint density at radius 3 is 2.56 bits per heavy atom. The summed E-state index contributed by atoms with van der Waals surface area (Å²) in [4.78, 5) is 3.57. The number of hydrogen-bond donors (Lipinski definition) is 2. The predicted molar refractivity (Wildman–Crippen MR) is 68.5 cm³/mol. The van der Waals surface area contributed by atoms with Gasteiger partial charge in [-0.05, 0) is 25.5 Å². The number of aromatic nitrogens is 1. The molecule has 1 aromatic heterocycles. The van der Waals surface area contributed by atoms with E-state index in [1.807, 2.05) is 13.8 Å². The lowest BCUT2D eigenvalue weighted by molar-refractivity contribution is -0.141. The number of halogens is 3. The molecular weight excluding hydrogens is 263 g/mol. The minimum atomic E-state index is -4.49. The third-order valence-electron chi connectivity index (χ3n) is 2.45. The van der Waals surface area contributed by atoms with E-state index in [0.29, 0.717) is 5.56 Å². The van der Waals surface area contributed by atoms with Crippen molar-refractivity contribution >= 4 is 23.0 Å². The summed E-state index contributed by atoms with van der Waals surface area (Å²) in [5.41, 5.74) is 4.81. The van der Waals surface area contributed by atoms with E-state index in [2.05, 4.69) is 10.3 Å². The van der Waals surface area contributed by atoms with Crippen LogP contribution in [0.4, 0.5) is 19.0 Å². The molecule has 0 spiro atoms. The molecule has 1 aromatic rings. The van der Waals surface area contributed by atoms with E-state index >= 15 is 0 Å². The number of thiocarbonyl (C=S) groups is 1. The molecule has 0 aromatic carbocycles. The van der Waals surface area contributed by atoms with E-state index < -0.39 is 11.9 Å². The Bertz CT molecular complexity index is 446. The second kappa shape index (κ2) is 5.51. The zero-order valence-electron chi connectivity index (χ0n) is 10.0. The first kappa shape index (κ1) is 14.7. The molecule has 100 valence electrons. The number of nitrogens with one attached hydrogen (secondary N) is 1. The molecule has 0 saturated heterocycles. The third-order valence-corrected chi connectivity index (χ3v) is 2.67. The molecule has 3 nitrogen and oxygen atoms in total. The summed E-state index contributed by atoms with van der Waals surface area (Å²) in [5, 5.41) is 2.88. The molecule has 1 heterocycles. The Morgan fingerprint density at radius 2 is 2.11 bits per heavy atom. The third kappa shape index (κ3) is 3.56. The number of hydrogen-bond acceptors (Lipinski definition) is 3. The van der Waals surface area contributed by atoms with Crippen molar-refractivity contribution in [3.05, 3.63) is 23.4 Å². The zero-order chi connectivity index (χ0) is 13.9. The van der Waals surface area contributed by atoms with Gasteiger partial charge in [0.05, 0.1) is 5.56 Å². The van der Waals surface area contributed by atoms with Crippen molar-refractivity contribution in [2.24, 2.45) is 5.73 Å². The molecule has 1 atom stereocenters. The number of pyridine rings is 1. The maximum atomic E-state index is 12.6. The lowest BCUT2D eigenvalue weighted by Gasteiger charge is -2.17. The fourth-order valence-electron chi connectivity index (χ4n) is 1.26. The van der Waals surface area contributed by atoms with Gasteiger partial charge in [-0.2, -0.15) is 13.2 Å². The van der Waals surface area contributed by atoms with Crippen LogP contribution in [0.25, 0.3) is 0 Å². The molecule has 0 aliphatic heterocycles. The molecule has 1 unspecified atom stereocenters. The van der Waals surface area contributed by atoms with Crippen LogP contribution >= 0.6 is 12.2 Å². The summed E-state index contributed by atoms with van der Waals surface area (Å²) < 4.78 is 37.7. The lowest BCUT2D eigenvalue weighted by atomic mass is 10.2. The van der Waals surface area contributed by atoms with Gasteiger partial charge in [0, 0.05) is 6.04 Å². The van der Waals surface area contributed by atoms with Crippen LogP contribution in [-0.2, 0) is 6.18 Å². The van der Waals surface area contributed by atoms with Gasteiger partial charge in [0.1, 0.15) is 16.5 Å². The second-order valence-electron chi connectivity index (χ2n) is 3.91. The first-order valence-electron chi connectivity index (χ1n) is 5.40. The van der Waals surface area contributed by atoms with Gasteiger partial charge in [-0.25, -0.2) is 4.98 Å². The highest BCUT2D eigenvalue weighted by Gasteiger charge is 2.33. The van der Waals surface area contributed by atoms with Crippen molar-refractivity contribution in [2.75, 3.05) is 5.32 Å². The average Bonchev–Trinajstić information content (AvgIpc) is 2.27. The summed E-state index contributed by atoms with van der Waals surface area (Å²) >= 11 is 4.79. The Morgan fingerprint density at radius 1 is 1.50 bits per heavy atom. The highest BCUT2D eigenvalue weighted by Crippen LogP contribution is 2.29.